The van der Waals surface area contributed by atoms with Gasteiger partial charge in [-0.3, -0.25) is 37.4 Å². The fraction of sp³-hybridized carbons (Fsp3) is 0.404. The van der Waals surface area contributed by atoms with Gasteiger partial charge in [0.25, 0.3) is 11.1 Å². The number of amides is 2. The van der Waals surface area contributed by atoms with Crippen LogP contribution in [0.4, 0.5) is 29.4 Å². The van der Waals surface area contributed by atoms with Gasteiger partial charge in [-0.2, -0.15) is 0 Å². The second-order valence-corrected chi connectivity index (χ2v) is 17.9. The Morgan fingerprint density at radius 3 is 1.67 bits per heavy atom. The van der Waals surface area contributed by atoms with Crippen molar-refractivity contribution in [2.75, 3.05) is 39.4 Å². The molecule has 10 heterocycles. The van der Waals surface area contributed by atoms with Crippen LogP contribution in [0.5, 0.6) is 0 Å². The number of carbonyl (C=O) groups is 2. The highest BCUT2D eigenvalue weighted by Crippen LogP contribution is 2.25. The minimum absolute atomic E-state index is 0.120. The van der Waals surface area contributed by atoms with Crippen molar-refractivity contribution in [2.45, 2.75) is 77.4 Å². The van der Waals surface area contributed by atoms with Crippen molar-refractivity contribution in [3.05, 3.63) is 103 Å². The Bertz CT molecular complexity index is 3440. The molecule has 0 unspecified atom stereocenters. The van der Waals surface area contributed by atoms with Crippen LogP contribution in [0.3, 0.4) is 0 Å². The minimum Gasteiger partial charge on any atom is -0.338 e. The minimum atomic E-state index is -0.523. The Hall–Kier alpha value is -8.35. The Balaban J connectivity index is 0.000000164. The third-order valence-corrected chi connectivity index (χ3v) is 12.9. The molecular formula is C47H54ClN19O6. The van der Waals surface area contributed by atoms with E-state index >= 15 is 0 Å². The summed E-state index contributed by atoms with van der Waals surface area (Å²) in [7, 11) is 5.99. The molecule has 0 aliphatic carbocycles. The van der Waals surface area contributed by atoms with E-state index in [1.54, 1.807) is 56.4 Å². The lowest BCUT2D eigenvalue weighted by Crippen LogP contribution is -2.38. The molecule has 0 saturated carbocycles. The number of aryl methyl sites for hydroxylation is 1. The lowest BCUT2D eigenvalue weighted by Gasteiger charge is -2.33. The zero-order valence-electron chi connectivity index (χ0n) is 41.1. The number of fused-ring (bicyclic) bond motifs is 2. The molecule has 73 heavy (non-hydrogen) atoms. The molecule has 2 atom stereocenters. The molecule has 7 aromatic heterocycles. The van der Waals surface area contributed by atoms with E-state index in [0.29, 0.717) is 70.2 Å². The van der Waals surface area contributed by atoms with Crippen LogP contribution in [0.15, 0.2) is 79.8 Å². The first-order valence-electron chi connectivity index (χ1n) is 23.6. The maximum absolute atomic E-state index is 12.7. The number of halogens is 1. The Morgan fingerprint density at radius 2 is 1.15 bits per heavy atom. The number of piperidine rings is 2. The molecule has 3 aliphatic rings. The number of hydrogen-bond acceptors (Lipinski definition) is 18. The monoisotopic (exact) mass is 1020 g/mol. The highest BCUT2D eigenvalue weighted by molar-refractivity contribution is 6.29. The first-order chi connectivity index (χ1) is 35.1. The van der Waals surface area contributed by atoms with E-state index in [9.17, 15) is 28.8 Å². The van der Waals surface area contributed by atoms with Crippen molar-refractivity contribution in [3.63, 3.8) is 0 Å². The van der Waals surface area contributed by atoms with E-state index in [-0.39, 0.29) is 40.7 Å². The number of alkyl halides is 1. The summed E-state index contributed by atoms with van der Waals surface area (Å²) >= 11 is 5.48. The van der Waals surface area contributed by atoms with Crippen molar-refractivity contribution in [3.8, 4) is 22.8 Å². The molecule has 2 fully saturated rings. The zero-order valence-corrected chi connectivity index (χ0v) is 41.9. The molecule has 10 rings (SSSR count). The lowest BCUT2D eigenvalue weighted by molar-refractivity contribution is -0.116. The van der Waals surface area contributed by atoms with Gasteiger partial charge >= 0.3 is 11.4 Å². The van der Waals surface area contributed by atoms with Crippen molar-refractivity contribution in [1.29, 1.82) is 0 Å². The van der Waals surface area contributed by atoms with Crippen LogP contribution in [0.1, 0.15) is 57.9 Å². The Morgan fingerprint density at radius 1 is 0.644 bits per heavy atom. The number of nitrogens with one attached hydrogen (secondary N) is 2. The van der Waals surface area contributed by atoms with Gasteiger partial charge in [-0.1, -0.05) is 0 Å². The van der Waals surface area contributed by atoms with E-state index < -0.39 is 17.2 Å². The smallest absolute Gasteiger partial charge is 0.332 e. The van der Waals surface area contributed by atoms with Crippen LogP contribution in [-0.4, -0.2) is 117 Å². The number of anilines is 4. The quantitative estimate of drug-likeness (QED) is 0.196. The van der Waals surface area contributed by atoms with Crippen LogP contribution < -0.4 is 42.9 Å². The molecule has 7 aromatic rings. The van der Waals surface area contributed by atoms with E-state index in [1.807, 2.05) is 0 Å². The molecule has 3 aliphatic heterocycles. The first kappa shape index (κ1) is 51.0. The van der Waals surface area contributed by atoms with Crippen molar-refractivity contribution in [1.82, 2.24) is 67.7 Å². The van der Waals surface area contributed by atoms with Gasteiger partial charge in [0, 0.05) is 103 Å². The Labute approximate surface area is 421 Å². The molecule has 25 nitrogen and oxygen atoms in total. The summed E-state index contributed by atoms with van der Waals surface area (Å²) in [4.78, 5) is 119. The van der Waals surface area contributed by atoms with E-state index in [0.717, 1.165) is 47.4 Å². The second kappa shape index (κ2) is 22.4. The number of hydrogen-bond donors (Lipinski definition) is 2. The molecule has 2 amide bonds. The van der Waals surface area contributed by atoms with Gasteiger partial charge in [-0.25, -0.2) is 59.4 Å². The topological polar surface area (TPSA) is 286 Å². The van der Waals surface area contributed by atoms with E-state index in [2.05, 4.69) is 84.1 Å². The highest BCUT2D eigenvalue weighted by atomic mass is 35.5. The molecule has 0 radical (unpaired) electrons. The molecular weight excluding hydrogens is 962 g/mol. The van der Waals surface area contributed by atoms with Crippen LogP contribution in [0.25, 0.3) is 33.9 Å². The molecule has 380 valence electrons. The first-order valence-corrected chi connectivity index (χ1v) is 24.1. The van der Waals surface area contributed by atoms with Crippen LogP contribution in [0, 0.1) is 0 Å². The van der Waals surface area contributed by atoms with Crippen molar-refractivity contribution < 1.29 is 9.59 Å². The van der Waals surface area contributed by atoms with E-state index in [1.165, 1.54) is 66.6 Å². The predicted molar refractivity (Wildman–Crippen MR) is 274 cm³/mol. The summed E-state index contributed by atoms with van der Waals surface area (Å²) in [6.45, 7) is 6.11. The average molecular weight is 1020 g/mol. The fourth-order valence-corrected chi connectivity index (χ4v) is 8.66. The lowest BCUT2D eigenvalue weighted by atomic mass is 10.0. The van der Waals surface area contributed by atoms with Gasteiger partial charge < -0.3 is 25.0 Å². The van der Waals surface area contributed by atoms with Gasteiger partial charge in [-0.15, -0.1) is 11.6 Å². The summed E-state index contributed by atoms with van der Waals surface area (Å²) in [5, 5.41) is 5.32. The number of aromatic nitrogens is 14. The average Bonchev–Trinajstić information content (AvgIpc) is 4.08. The van der Waals surface area contributed by atoms with Gasteiger partial charge in [0.15, 0.2) is 22.8 Å². The largest absolute Gasteiger partial charge is 0.338 e. The standard InChI is InChI=1S/C23H26N10O3.C16H19ClN6O.C8H9N3O2/c1-14-6-4-5-9-33(14)22-25-10-15(11-26-22)19-24-8-7-16(29-19)28-17(34)12-32-13-27-20-18(32)21(35)31(3)23(36)30(20)2;1-11-4-2-3-7-23(11)16-19-9-12(10-20-16)15-18-6-5-13(22-15)21-14(24)8-17;1-10-6-5(3-4-9-6)7(12)11(2)8(10)13/h7-8,10-11,13-14H,4-6,9,12H2,1-3H3,(H,24,28,29,34);5-6,9-11H,2-4,7-8H2,1H3,(H,18,21,22,24);4H,3H2,1-2H3/t14-;11-;/m00./s1. The van der Waals surface area contributed by atoms with Gasteiger partial charge in [0.05, 0.1) is 23.0 Å². The predicted octanol–water partition coefficient (Wildman–Crippen LogP) is 2.53. The summed E-state index contributed by atoms with van der Waals surface area (Å²) < 4.78 is 6.14. The Kier molecular flexibility index (Phi) is 15.6. The summed E-state index contributed by atoms with van der Waals surface area (Å²) in [5.74, 6) is 2.60. The maximum atomic E-state index is 12.7. The van der Waals surface area contributed by atoms with E-state index in [4.69, 9.17) is 11.6 Å². The molecule has 2 N–H and O–H groups in total. The normalized spacial score (nSPS) is 16.0. The number of carbonyl (C=O) groups excluding carboxylic acids is 2. The van der Waals surface area contributed by atoms with Gasteiger partial charge in [0.2, 0.25) is 23.7 Å². The molecule has 2 saturated heterocycles. The van der Waals surface area contributed by atoms with Crippen LogP contribution in [0.2, 0.25) is 0 Å². The molecule has 0 aromatic carbocycles. The number of imidazole rings is 1. The zero-order chi connectivity index (χ0) is 51.9. The highest BCUT2D eigenvalue weighted by Gasteiger charge is 2.23. The second-order valence-electron chi connectivity index (χ2n) is 17.7. The summed E-state index contributed by atoms with van der Waals surface area (Å²) in [5.41, 5.74) is 0.724. The molecule has 0 bridgehead atoms. The maximum Gasteiger partial charge on any atom is 0.332 e. The summed E-state index contributed by atoms with van der Waals surface area (Å²) in [6, 6.07) is 4.03. The van der Waals surface area contributed by atoms with Crippen LogP contribution >= 0.6 is 11.6 Å². The number of rotatable bonds is 9. The van der Waals surface area contributed by atoms with Crippen molar-refractivity contribution >= 4 is 70.1 Å². The third-order valence-electron chi connectivity index (χ3n) is 12.6. The fourth-order valence-electron chi connectivity index (χ4n) is 8.59. The third kappa shape index (κ3) is 11.2. The van der Waals surface area contributed by atoms with Gasteiger partial charge in [-0.05, 0) is 64.5 Å². The van der Waals surface area contributed by atoms with Crippen LogP contribution in [-0.2, 0) is 50.7 Å². The SMILES string of the molecule is C[C@H]1CCCCN1c1ncc(-c2nccc(NC(=O)CCl)n2)cn1.C[C@H]1CCCCN1c1ncc(-c2nccc(NC(=O)Cn3cnc4c3c(=O)n(C)c(=O)n4C)n2)cn1.Cn1c2c(c(=O)n(C)c1=O)CC=N2. The number of aliphatic imine (C=N–C) groups is 1. The van der Waals surface area contributed by atoms with Crippen molar-refractivity contribution in [2.24, 2.45) is 33.2 Å². The van der Waals surface area contributed by atoms with Gasteiger partial charge in [0.1, 0.15) is 29.9 Å². The molecule has 0 spiro atoms. The summed E-state index contributed by atoms with van der Waals surface area (Å²) in [6.07, 6.45) is 20.5. The number of nitrogens with zero attached hydrogens (tertiary/aromatic N) is 17. The molecule has 26 heteroatoms.